The van der Waals surface area contributed by atoms with Crippen LogP contribution in [0.2, 0.25) is 0 Å². The predicted molar refractivity (Wildman–Crippen MR) is 65.3 cm³/mol. The lowest BCUT2D eigenvalue weighted by molar-refractivity contribution is 0.496. The van der Waals surface area contributed by atoms with Crippen molar-refractivity contribution in [1.82, 2.24) is 4.90 Å². The molecule has 0 amide bonds. The van der Waals surface area contributed by atoms with Crippen LogP contribution < -0.4 is 4.90 Å². The number of anilines is 1. The molecule has 1 aromatic rings. The lowest BCUT2D eigenvalue weighted by Crippen LogP contribution is -2.21. The minimum Gasteiger partial charge on any atom is -0.361 e. The van der Waals surface area contributed by atoms with Crippen molar-refractivity contribution >= 4 is 18.3 Å². The Bertz CT molecular complexity index is 356. The van der Waals surface area contributed by atoms with Crippen molar-refractivity contribution in [3.63, 3.8) is 0 Å². The van der Waals surface area contributed by atoms with E-state index in [0.29, 0.717) is 0 Å². The number of thiol groups is 1. The first-order valence-electron chi connectivity index (χ1n) is 4.51. The Balaban J connectivity index is 0.000000337. The molecule has 0 spiro atoms. The molecule has 1 heterocycles. The highest BCUT2D eigenvalue weighted by molar-refractivity contribution is 7.85. The summed E-state index contributed by atoms with van der Waals surface area (Å²) in [4.78, 5) is 4.35. The topological polar surface area (TPSA) is 30.3 Å². The molecule has 1 aliphatic heterocycles. The van der Waals surface area contributed by atoms with Gasteiger partial charge in [-0.3, -0.25) is 0 Å². The highest BCUT2D eigenvalue weighted by Gasteiger charge is 2.08. The zero-order valence-electron chi connectivity index (χ0n) is 8.54. The summed E-state index contributed by atoms with van der Waals surface area (Å²) in [5, 5.41) is 8.63. The number of hydrogen-bond donors (Lipinski definition) is 1. The predicted octanol–water partition coefficient (Wildman–Crippen LogP) is 2.26. The summed E-state index contributed by atoms with van der Waals surface area (Å²) in [6, 6.07) is 10.4. The largest absolute Gasteiger partial charge is 0.361 e. The first-order chi connectivity index (χ1) is 7.27. The summed E-state index contributed by atoms with van der Waals surface area (Å²) < 4.78 is 0. The van der Waals surface area contributed by atoms with E-state index in [1.54, 1.807) is 0 Å². The summed E-state index contributed by atoms with van der Waals surface area (Å²) in [5.74, 6) is 0. The van der Waals surface area contributed by atoms with Gasteiger partial charge >= 0.3 is 0 Å². The van der Waals surface area contributed by atoms with E-state index in [0.717, 1.165) is 6.67 Å². The van der Waals surface area contributed by atoms with Crippen molar-refractivity contribution in [3.05, 3.63) is 42.7 Å². The van der Waals surface area contributed by atoms with E-state index < -0.39 is 0 Å². The molecule has 4 heteroatoms. The van der Waals surface area contributed by atoms with Gasteiger partial charge in [0.25, 0.3) is 0 Å². The lowest BCUT2D eigenvalue weighted by Gasteiger charge is -2.17. The van der Waals surface area contributed by atoms with Gasteiger partial charge in [0.15, 0.2) is 0 Å². The zero-order chi connectivity index (χ0) is 11.1. The normalized spacial score (nSPS) is 13.1. The molecule has 0 bridgehead atoms. The minimum absolute atomic E-state index is 0.948. The van der Waals surface area contributed by atoms with Gasteiger partial charge in [0, 0.05) is 25.1 Å². The number of hydrogen-bond acceptors (Lipinski definition) is 4. The van der Waals surface area contributed by atoms with Crippen LogP contribution in [0.4, 0.5) is 5.69 Å². The van der Waals surface area contributed by atoms with Crippen LogP contribution in [0.1, 0.15) is 0 Å². The van der Waals surface area contributed by atoms with Gasteiger partial charge in [0.1, 0.15) is 5.40 Å². The molecule has 0 radical (unpaired) electrons. The maximum absolute atomic E-state index is 7.18. The van der Waals surface area contributed by atoms with Crippen molar-refractivity contribution in [1.29, 1.82) is 5.26 Å². The van der Waals surface area contributed by atoms with Crippen molar-refractivity contribution in [3.8, 4) is 5.40 Å². The number of benzene rings is 1. The average Bonchev–Trinajstić information content (AvgIpc) is 2.67. The first-order valence-corrected chi connectivity index (χ1v) is 4.96. The van der Waals surface area contributed by atoms with E-state index in [1.807, 2.05) is 6.07 Å². The molecule has 2 rings (SSSR count). The smallest absolute Gasteiger partial charge is 0.130 e. The molecule has 78 valence electrons. The summed E-state index contributed by atoms with van der Waals surface area (Å²) in [6.45, 7) is 0.948. The number of nitriles is 1. The van der Waals surface area contributed by atoms with Crippen molar-refractivity contribution in [2.24, 2.45) is 0 Å². The van der Waals surface area contributed by atoms with Gasteiger partial charge in [-0.25, -0.2) is 0 Å². The minimum atomic E-state index is 0.948. The van der Waals surface area contributed by atoms with E-state index in [9.17, 15) is 0 Å². The van der Waals surface area contributed by atoms with Crippen LogP contribution in [-0.4, -0.2) is 18.6 Å². The maximum Gasteiger partial charge on any atom is 0.130 e. The fourth-order valence-corrected chi connectivity index (χ4v) is 1.32. The molecular formula is C11H13N3S. The Hall–Kier alpha value is -1.60. The number of rotatable bonds is 1. The number of thiocyanates is 1. The molecule has 3 nitrogen and oxygen atoms in total. The molecule has 0 aromatic heterocycles. The number of para-hydroxylation sites is 1. The molecule has 0 saturated heterocycles. The molecular weight excluding hydrogens is 206 g/mol. The van der Waals surface area contributed by atoms with Gasteiger partial charge in [0.05, 0.1) is 6.67 Å². The van der Waals surface area contributed by atoms with Crippen LogP contribution in [-0.2, 0) is 0 Å². The molecule has 0 fully saturated rings. The Morgan fingerprint density at radius 1 is 1.27 bits per heavy atom. The summed E-state index contributed by atoms with van der Waals surface area (Å²) in [7, 11) is 2.07. The Morgan fingerprint density at radius 2 is 1.87 bits per heavy atom. The highest BCUT2D eigenvalue weighted by atomic mass is 32.1. The van der Waals surface area contributed by atoms with Crippen molar-refractivity contribution in [2.45, 2.75) is 0 Å². The standard InChI is InChI=1S/C10H12N2.CHNS/c1-11-7-8-12(9-11)10-5-3-2-4-6-10;2-1-3/h2-8H,9H2,1H3;3H. The number of nitrogens with zero attached hydrogens (tertiary/aromatic N) is 3. The first kappa shape index (κ1) is 11.5. The summed E-state index contributed by atoms with van der Waals surface area (Å²) >= 11 is 3.09. The fraction of sp³-hybridized carbons (Fsp3) is 0.182. The third-order valence-corrected chi connectivity index (χ3v) is 1.96. The molecule has 0 N–H and O–H groups in total. The molecule has 15 heavy (non-hydrogen) atoms. The van der Waals surface area contributed by atoms with Gasteiger partial charge in [-0.2, -0.15) is 5.26 Å². The van der Waals surface area contributed by atoms with Gasteiger partial charge in [-0.1, -0.05) is 30.8 Å². The van der Waals surface area contributed by atoms with Gasteiger partial charge in [-0.05, 0) is 12.1 Å². The Labute approximate surface area is 95.6 Å². The van der Waals surface area contributed by atoms with Crippen LogP contribution in [0.5, 0.6) is 0 Å². The van der Waals surface area contributed by atoms with Crippen LogP contribution in [0.3, 0.4) is 0 Å². The van der Waals surface area contributed by atoms with Crippen LogP contribution >= 0.6 is 12.6 Å². The van der Waals surface area contributed by atoms with Crippen molar-refractivity contribution < 1.29 is 0 Å². The quantitative estimate of drug-likeness (QED) is 0.580. The van der Waals surface area contributed by atoms with Gasteiger partial charge in [-0.15, -0.1) is 0 Å². The van der Waals surface area contributed by atoms with Gasteiger partial charge < -0.3 is 9.80 Å². The van der Waals surface area contributed by atoms with E-state index in [4.69, 9.17) is 5.26 Å². The molecule has 0 aliphatic carbocycles. The van der Waals surface area contributed by atoms with Crippen molar-refractivity contribution in [2.75, 3.05) is 18.6 Å². The average molecular weight is 219 g/mol. The maximum atomic E-state index is 7.18. The third kappa shape index (κ3) is 3.56. The second kappa shape index (κ2) is 5.99. The molecule has 0 unspecified atom stereocenters. The molecule has 1 aliphatic rings. The zero-order valence-corrected chi connectivity index (χ0v) is 9.43. The molecule has 0 saturated carbocycles. The second-order valence-corrected chi connectivity index (χ2v) is 3.30. The van der Waals surface area contributed by atoms with E-state index in [1.165, 1.54) is 11.1 Å². The Kier molecular flexibility index (Phi) is 4.58. The summed E-state index contributed by atoms with van der Waals surface area (Å²) in [6.07, 6.45) is 4.17. The van der Waals surface area contributed by atoms with Gasteiger partial charge in [0.2, 0.25) is 0 Å². The lowest BCUT2D eigenvalue weighted by atomic mass is 10.3. The summed E-state index contributed by atoms with van der Waals surface area (Å²) in [5.41, 5.74) is 1.25. The monoisotopic (exact) mass is 219 g/mol. The van der Waals surface area contributed by atoms with E-state index >= 15 is 0 Å². The molecule has 0 atom stereocenters. The van der Waals surface area contributed by atoms with Crippen LogP contribution in [0, 0.1) is 10.7 Å². The molecule has 1 aromatic carbocycles. The Morgan fingerprint density at radius 3 is 2.33 bits per heavy atom. The highest BCUT2D eigenvalue weighted by Crippen LogP contribution is 2.16. The van der Waals surface area contributed by atoms with E-state index in [-0.39, 0.29) is 0 Å². The SMILES string of the molecule is CN1C=CN(c2ccccc2)C1.N#CS. The second-order valence-electron chi connectivity index (χ2n) is 3.10. The van der Waals surface area contributed by atoms with Crippen LogP contribution in [0.15, 0.2) is 42.7 Å². The van der Waals surface area contributed by atoms with Crippen LogP contribution in [0.25, 0.3) is 0 Å². The third-order valence-electron chi connectivity index (χ3n) is 1.96. The fourth-order valence-electron chi connectivity index (χ4n) is 1.32. The van der Waals surface area contributed by atoms with E-state index in [2.05, 4.69) is 66.1 Å².